The van der Waals surface area contributed by atoms with Crippen LogP contribution in [0.4, 0.5) is 11.8 Å². The van der Waals surface area contributed by atoms with Gasteiger partial charge in [-0.1, -0.05) is 0 Å². The Kier molecular flexibility index (Phi) is 4.12. The van der Waals surface area contributed by atoms with E-state index in [9.17, 15) is 0 Å². The predicted octanol–water partition coefficient (Wildman–Crippen LogP) is 3.35. The first-order valence-electron chi connectivity index (χ1n) is 9.71. The Morgan fingerprint density at radius 3 is 2.63 bits per heavy atom. The van der Waals surface area contributed by atoms with Crippen LogP contribution in [0.1, 0.15) is 25.5 Å². The van der Waals surface area contributed by atoms with Gasteiger partial charge in [-0.25, -0.2) is 19.5 Å². The molecule has 0 unspecified atom stereocenters. The van der Waals surface area contributed by atoms with Crippen LogP contribution in [0.3, 0.4) is 0 Å². The maximum atomic E-state index is 4.77. The molecule has 0 fully saturated rings. The molecule has 0 aromatic carbocycles. The van der Waals surface area contributed by atoms with Crippen LogP contribution >= 0.6 is 0 Å². The first kappa shape index (κ1) is 18.1. The van der Waals surface area contributed by atoms with Crippen molar-refractivity contribution in [1.82, 2.24) is 43.9 Å². The smallest absolute Gasteiger partial charge is 0.218 e. The van der Waals surface area contributed by atoms with Crippen LogP contribution in [0, 0.1) is 6.92 Å². The lowest BCUT2D eigenvalue weighted by molar-refractivity contribution is 0.534. The van der Waals surface area contributed by atoms with Crippen LogP contribution in [0.25, 0.3) is 28.4 Å². The summed E-state index contributed by atoms with van der Waals surface area (Å²) in [4.78, 5) is 16.5. The Balaban J connectivity index is 1.71. The Labute approximate surface area is 172 Å². The molecule has 0 saturated carbocycles. The molecular weight excluding hydrogens is 380 g/mol. The van der Waals surface area contributed by atoms with Crippen molar-refractivity contribution in [2.45, 2.75) is 26.8 Å². The summed E-state index contributed by atoms with van der Waals surface area (Å²) in [5, 5.41) is 12.7. The van der Waals surface area contributed by atoms with Gasteiger partial charge in [-0.05, 0) is 32.4 Å². The van der Waals surface area contributed by atoms with Crippen LogP contribution in [0.15, 0.2) is 43.2 Å². The highest BCUT2D eigenvalue weighted by atomic mass is 15.3. The summed E-state index contributed by atoms with van der Waals surface area (Å²) in [6.07, 6.45) is 11.0. The lowest BCUT2D eigenvalue weighted by Gasteiger charge is -2.09. The molecule has 0 aliphatic heterocycles. The molecule has 5 rings (SSSR count). The van der Waals surface area contributed by atoms with Crippen molar-refractivity contribution in [2.75, 3.05) is 5.32 Å². The highest BCUT2D eigenvalue weighted by Gasteiger charge is 2.20. The molecule has 0 aliphatic carbocycles. The first-order valence-corrected chi connectivity index (χ1v) is 9.71. The maximum Gasteiger partial charge on any atom is 0.218 e. The molecule has 5 aromatic rings. The third kappa shape index (κ3) is 2.93. The number of nitrogens with zero attached hydrogens (tertiary/aromatic N) is 8. The second-order valence-electron chi connectivity index (χ2n) is 7.44. The number of aromatic nitrogens is 9. The van der Waals surface area contributed by atoms with Crippen molar-refractivity contribution in [2.24, 2.45) is 7.05 Å². The van der Waals surface area contributed by atoms with Crippen molar-refractivity contribution >= 4 is 17.3 Å². The van der Waals surface area contributed by atoms with Gasteiger partial charge in [-0.15, -0.1) is 5.10 Å². The number of aromatic amines is 1. The number of fused-ring (bicyclic) bond motifs is 1. The summed E-state index contributed by atoms with van der Waals surface area (Å²) >= 11 is 0. The first-order chi connectivity index (χ1) is 14.5. The van der Waals surface area contributed by atoms with Gasteiger partial charge < -0.3 is 14.9 Å². The number of imidazole rings is 2. The maximum absolute atomic E-state index is 4.77. The molecule has 10 heteroatoms. The van der Waals surface area contributed by atoms with Crippen molar-refractivity contribution in [3.05, 3.63) is 48.8 Å². The topological polar surface area (TPSA) is 107 Å². The van der Waals surface area contributed by atoms with E-state index < -0.39 is 0 Å². The zero-order valence-corrected chi connectivity index (χ0v) is 17.2. The van der Waals surface area contributed by atoms with Crippen LogP contribution in [0.5, 0.6) is 0 Å². The minimum absolute atomic E-state index is 0.294. The van der Waals surface area contributed by atoms with Gasteiger partial charge in [0.1, 0.15) is 5.52 Å². The Hall–Kier alpha value is -3.95. The number of H-pyrrole nitrogens is 1. The Morgan fingerprint density at radius 1 is 1.10 bits per heavy atom. The van der Waals surface area contributed by atoms with Gasteiger partial charge >= 0.3 is 0 Å². The Morgan fingerprint density at radius 2 is 1.97 bits per heavy atom. The highest BCUT2D eigenvalue weighted by Crippen LogP contribution is 2.32. The molecule has 0 aliphatic rings. The number of nitrogens with one attached hydrogen (secondary N) is 2. The summed E-state index contributed by atoms with van der Waals surface area (Å²) in [6, 6.07) is 2.32. The molecule has 0 amide bonds. The predicted molar refractivity (Wildman–Crippen MR) is 113 cm³/mol. The van der Waals surface area contributed by atoms with Gasteiger partial charge in [0.2, 0.25) is 11.8 Å². The van der Waals surface area contributed by atoms with E-state index in [-0.39, 0.29) is 0 Å². The highest BCUT2D eigenvalue weighted by molar-refractivity contribution is 5.83. The van der Waals surface area contributed by atoms with Crippen LogP contribution in [-0.4, -0.2) is 43.9 Å². The van der Waals surface area contributed by atoms with E-state index in [1.165, 1.54) is 0 Å². The van der Waals surface area contributed by atoms with E-state index in [0.29, 0.717) is 29.5 Å². The SMILES string of the molecule is Cc1c(-c2ccn(C(C)C)n2)cn2nc(-c3nccn3C)nc(Nc3ncc[nH]3)c12. The lowest BCUT2D eigenvalue weighted by atomic mass is 10.1. The fourth-order valence-electron chi connectivity index (χ4n) is 3.47. The number of anilines is 2. The second kappa shape index (κ2) is 6.83. The van der Waals surface area contributed by atoms with Crippen molar-refractivity contribution in [3.8, 4) is 22.9 Å². The van der Waals surface area contributed by atoms with E-state index in [1.54, 1.807) is 18.6 Å². The van der Waals surface area contributed by atoms with Crippen LogP contribution < -0.4 is 5.32 Å². The summed E-state index contributed by atoms with van der Waals surface area (Å²) < 4.78 is 5.67. The van der Waals surface area contributed by atoms with Gasteiger partial charge in [0.15, 0.2) is 11.6 Å². The molecule has 152 valence electrons. The van der Waals surface area contributed by atoms with Crippen LogP contribution in [-0.2, 0) is 7.05 Å². The number of rotatable bonds is 5. The lowest BCUT2D eigenvalue weighted by Crippen LogP contribution is -2.06. The largest absolute Gasteiger partial charge is 0.331 e. The van der Waals surface area contributed by atoms with Crippen LogP contribution in [0.2, 0.25) is 0 Å². The fourth-order valence-corrected chi connectivity index (χ4v) is 3.47. The summed E-state index contributed by atoms with van der Waals surface area (Å²) in [7, 11) is 1.92. The van der Waals surface area contributed by atoms with E-state index >= 15 is 0 Å². The zero-order chi connectivity index (χ0) is 20.8. The number of hydrogen-bond donors (Lipinski definition) is 2. The van der Waals surface area contributed by atoms with Crippen molar-refractivity contribution in [3.63, 3.8) is 0 Å². The van der Waals surface area contributed by atoms with Crippen molar-refractivity contribution < 1.29 is 0 Å². The quantitative estimate of drug-likeness (QED) is 0.467. The molecule has 5 aromatic heterocycles. The third-order valence-corrected chi connectivity index (χ3v) is 5.05. The van der Waals surface area contributed by atoms with Gasteiger partial charge in [-0.2, -0.15) is 5.10 Å². The molecule has 5 heterocycles. The molecular formula is C20H22N10. The molecule has 0 bridgehead atoms. The molecule has 0 atom stereocenters. The standard InChI is InChI=1S/C20H22N10/c1-12(2)29-9-5-15(26-29)14-11-30-16(13(14)3)17(25-20-22-6-7-23-20)24-18(27-30)19-21-8-10-28(19)4/h5-12H,1-4H3,(H2,22,23,24,25,27). The van der Waals surface area contributed by atoms with Gasteiger partial charge in [0.05, 0.1) is 5.69 Å². The average molecular weight is 402 g/mol. The van der Waals surface area contributed by atoms with E-state index in [1.807, 2.05) is 45.5 Å². The van der Waals surface area contributed by atoms with E-state index in [2.05, 4.69) is 41.0 Å². The van der Waals surface area contributed by atoms with Gasteiger partial charge in [0.25, 0.3) is 0 Å². The van der Waals surface area contributed by atoms with Crippen molar-refractivity contribution in [1.29, 1.82) is 0 Å². The monoisotopic (exact) mass is 402 g/mol. The molecule has 0 radical (unpaired) electrons. The summed E-state index contributed by atoms with van der Waals surface area (Å²) in [6.45, 7) is 6.27. The summed E-state index contributed by atoms with van der Waals surface area (Å²) in [5.74, 6) is 2.44. The number of aryl methyl sites for hydroxylation is 2. The second-order valence-corrected chi connectivity index (χ2v) is 7.44. The third-order valence-electron chi connectivity index (χ3n) is 5.05. The molecule has 0 spiro atoms. The molecule has 30 heavy (non-hydrogen) atoms. The molecule has 10 nitrogen and oxygen atoms in total. The van der Waals surface area contributed by atoms with Gasteiger partial charge in [0, 0.05) is 55.8 Å². The average Bonchev–Trinajstić information content (AvgIpc) is 3.48. The van der Waals surface area contributed by atoms with E-state index in [4.69, 9.17) is 15.2 Å². The normalized spacial score (nSPS) is 11.6. The Bertz CT molecular complexity index is 1320. The fraction of sp³-hybridized carbons (Fsp3) is 0.250. The minimum Gasteiger partial charge on any atom is -0.331 e. The van der Waals surface area contributed by atoms with E-state index in [0.717, 1.165) is 22.3 Å². The minimum atomic E-state index is 0.294. The molecule has 2 N–H and O–H groups in total. The van der Waals surface area contributed by atoms with Gasteiger partial charge in [-0.3, -0.25) is 4.68 Å². The number of hydrogen-bond acceptors (Lipinski definition) is 6. The zero-order valence-electron chi connectivity index (χ0n) is 17.2. The summed E-state index contributed by atoms with van der Waals surface area (Å²) in [5.41, 5.74) is 3.79. The molecule has 0 saturated heterocycles.